The standard InChI is InChI=1S/C22H23N7O3/c1-31-17-8-6-16(7-9-17)22-23-20(32-25-22)14-27-10-12-28(13-11-27)21(30)15-29-19-5-3-2-4-18(19)24-26-29/h2-9H,10-15H2,1H3. The molecule has 0 spiro atoms. The van der Waals surface area contributed by atoms with Crippen LogP contribution in [0.3, 0.4) is 0 Å². The molecule has 0 saturated carbocycles. The molecule has 3 heterocycles. The van der Waals surface area contributed by atoms with Crippen LogP contribution in [0, 0.1) is 0 Å². The molecule has 0 aliphatic carbocycles. The Balaban J connectivity index is 1.15. The molecule has 1 amide bonds. The van der Waals surface area contributed by atoms with E-state index < -0.39 is 0 Å². The van der Waals surface area contributed by atoms with Crippen molar-refractivity contribution in [3.63, 3.8) is 0 Å². The van der Waals surface area contributed by atoms with Gasteiger partial charge in [0.05, 0.1) is 19.2 Å². The van der Waals surface area contributed by atoms with Gasteiger partial charge in [0.2, 0.25) is 17.6 Å². The second kappa shape index (κ2) is 8.75. The van der Waals surface area contributed by atoms with Crippen molar-refractivity contribution in [2.75, 3.05) is 33.3 Å². The zero-order valence-electron chi connectivity index (χ0n) is 17.7. The molecule has 10 heteroatoms. The van der Waals surface area contributed by atoms with E-state index in [1.165, 1.54) is 0 Å². The van der Waals surface area contributed by atoms with Gasteiger partial charge in [-0.1, -0.05) is 22.5 Å². The van der Waals surface area contributed by atoms with E-state index in [2.05, 4.69) is 25.4 Å². The molecular weight excluding hydrogens is 410 g/mol. The summed E-state index contributed by atoms with van der Waals surface area (Å²) in [5.41, 5.74) is 2.53. The molecule has 0 bridgehead atoms. The number of nitrogens with zero attached hydrogens (tertiary/aromatic N) is 7. The van der Waals surface area contributed by atoms with Crippen molar-refractivity contribution in [2.24, 2.45) is 0 Å². The Morgan fingerprint density at radius 3 is 2.62 bits per heavy atom. The molecule has 1 aliphatic rings. The number of amides is 1. The number of piperazine rings is 1. The number of carbonyl (C=O) groups is 1. The molecule has 164 valence electrons. The van der Waals surface area contributed by atoms with Crippen molar-refractivity contribution in [3.05, 3.63) is 54.4 Å². The number of carbonyl (C=O) groups excluding carboxylic acids is 1. The molecule has 0 radical (unpaired) electrons. The Morgan fingerprint density at radius 2 is 1.84 bits per heavy atom. The fraction of sp³-hybridized carbons (Fsp3) is 0.318. The first-order valence-corrected chi connectivity index (χ1v) is 10.4. The molecule has 5 rings (SSSR count). The van der Waals surface area contributed by atoms with Crippen LogP contribution in [0.15, 0.2) is 53.1 Å². The maximum atomic E-state index is 12.7. The van der Waals surface area contributed by atoms with Crippen molar-refractivity contribution >= 4 is 16.9 Å². The third-order valence-corrected chi connectivity index (χ3v) is 5.61. The highest BCUT2D eigenvalue weighted by Gasteiger charge is 2.23. The van der Waals surface area contributed by atoms with Crippen LogP contribution in [-0.2, 0) is 17.9 Å². The fourth-order valence-electron chi connectivity index (χ4n) is 3.79. The Hall–Kier alpha value is -3.79. The number of ether oxygens (including phenoxy) is 1. The van der Waals surface area contributed by atoms with Crippen LogP contribution >= 0.6 is 0 Å². The summed E-state index contributed by atoms with van der Waals surface area (Å²) in [6.45, 7) is 3.51. The molecule has 2 aromatic carbocycles. The van der Waals surface area contributed by atoms with Crippen LogP contribution in [0.5, 0.6) is 5.75 Å². The maximum absolute atomic E-state index is 12.7. The Kier molecular flexibility index (Phi) is 5.51. The average Bonchev–Trinajstić information content (AvgIpc) is 3.47. The molecule has 1 saturated heterocycles. The summed E-state index contributed by atoms with van der Waals surface area (Å²) in [6.07, 6.45) is 0. The van der Waals surface area contributed by atoms with Crippen molar-refractivity contribution in [3.8, 4) is 17.1 Å². The van der Waals surface area contributed by atoms with Gasteiger partial charge in [-0.2, -0.15) is 4.98 Å². The number of hydrogen-bond donors (Lipinski definition) is 0. The van der Waals surface area contributed by atoms with E-state index in [1.54, 1.807) is 11.8 Å². The van der Waals surface area contributed by atoms with Gasteiger partial charge >= 0.3 is 0 Å². The monoisotopic (exact) mass is 433 g/mol. The second-order valence-corrected chi connectivity index (χ2v) is 7.63. The molecule has 2 aromatic heterocycles. The van der Waals surface area contributed by atoms with Crippen LogP contribution in [0.25, 0.3) is 22.4 Å². The summed E-state index contributed by atoms with van der Waals surface area (Å²) in [5.74, 6) is 1.93. The summed E-state index contributed by atoms with van der Waals surface area (Å²) in [7, 11) is 1.63. The number of para-hydroxylation sites is 1. The van der Waals surface area contributed by atoms with E-state index in [-0.39, 0.29) is 12.5 Å². The van der Waals surface area contributed by atoms with Gasteiger partial charge in [0.1, 0.15) is 17.8 Å². The number of hydrogen-bond acceptors (Lipinski definition) is 8. The summed E-state index contributed by atoms with van der Waals surface area (Å²) < 4.78 is 12.3. The topological polar surface area (TPSA) is 102 Å². The predicted molar refractivity (Wildman–Crippen MR) is 116 cm³/mol. The number of methoxy groups -OCH3 is 1. The second-order valence-electron chi connectivity index (χ2n) is 7.63. The predicted octanol–water partition coefficient (Wildman–Crippen LogP) is 1.83. The van der Waals surface area contributed by atoms with Crippen LogP contribution < -0.4 is 4.74 Å². The van der Waals surface area contributed by atoms with Gasteiger partial charge in [-0.25, -0.2) is 4.68 Å². The lowest BCUT2D eigenvalue weighted by Crippen LogP contribution is -2.49. The average molecular weight is 433 g/mol. The highest BCUT2D eigenvalue weighted by Crippen LogP contribution is 2.20. The zero-order valence-corrected chi connectivity index (χ0v) is 17.7. The summed E-state index contributed by atoms with van der Waals surface area (Å²) >= 11 is 0. The highest BCUT2D eigenvalue weighted by molar-refractivity contribution is 5.79. The molecular formula is C22H23N7O3. The minimum Gasteiger partial charge on any atom is -0.497 e. The number of benzene rings is 2. The van der Waals surface area contributed by atoms with Crippen molar-refractivity contribution in [2.45, 2.75) is 13.1 Å². The van der Waals surface area contributed by atoms with Gasteiger partial charge in [-0.3, -0.25) is 9.69 Å². The molecule has 4 aromatic rings. The summed E-state index contributed by atoms with van der Waals surface area (Å²) in [5, 5.41) is 12.3. The molecule has 0 N–H and O–H groups in total. The lowest BCUT2D eigenvalue weighted by atomic mass is 10.2. The van der Waals surface area contributed by atoms with Crippen molar-refractivity contribution < 1.29 is 14.1 Å². The highest BCUT2D eigenvalue weighted by atomic mass is 16.5. The van der Waals surface area contributed by atoms with Gasteiger partial charge in [0.15, 0.2) is 0 Å². The van der Waals surface area contributed by atoms with Crippen molar-refractivity contribution in [1.29, 1.82) is 0 Å². The third kappa shape index (κ3) is 4.17. The van der Waals surface area contributed by atoms with Gasteiger partial charge in [-0.15, -0.1) is 5.10 Å². The lowest BCUT2D eigenvalue weighted by Gasteiger charge is -2.33. The van der Waals surface area contributed by atoms with Gasteiger partial charge in [-0.05, 0) is 36.4 Å². The van der Waals surface area contributed by atoms with E-state index in [0.29, 0.717) is 31.3 Å². The lowest BCUT2D eigenvalue weighted by molar-refractivity contribution is -0.133. The molecule has 1 aliphatic heterocycles. The smallest absolute Gasteiger partial charge is 0.244 e. The van der Waals surface area contributed by atoms with Gasteiger partial charge in [0.25, 0.3) is 0 Å². The maximum Gasteiger partial charge on any atom is 0.244 e. The quantitative estimate of drug-likeness (QED) is 0.454. The minimum absolute atomic E-state index is 0.0416. The molecule has 1 fully saturated rings. The Bertz CT molecular complexity index is 1210. The van der Waals surface area contributed by atoms with E-state index in [1.807, 2.05) is 53.4 Å². The largest absolute Gasteiger partial charge is 0.497 e. The van der Waals surface area contributed by atoms with Gasteiger partial charge < -0.3 is 14.2 Å². The number of rotatable bonds is 6. The van der Waals surface area contributed by atoms with E-state index in [9.17, 15) is 4.79 Å². The van der Waals surface area contributed by atoms with E-state index >= 15 is 0 Å². The molecule has 0 unspecified atom stereocenters. The fourth-order valence-corrected chi connectivity index (χ4v) is 3.79. The number of aromatic nitrogens is 5. The number of fused-ring (bicyclic) bond motifs is 1. The first-order chi connectivity index (χ1) is 15.7. The Morgan fingerprint density at radius 1 is 1.06 bits per heavy atom. The van der Waals surface area contributed by atoms with Crippen LogP contribution in [0.2, 0.25) is 0 Å². The first kappa shape index (κ1) is 20.1. The Labute approximate surface area is 184 Å². The normalized spacial score (nSPS) is 14.7. The molecule has 10 nitrogen and oxygen atoms in total. The summed E-state index contributed by atoms with van der Waals surface area (Å²) in [6, 6.07) is 15.2. The minimum atomic E-state index is 0.0416. The first-order valence-electron chi connectivity index (χ1n) is 10.4. The van der Waals surface area contributed by atoms with E-state index in [0.717, 1.165) is 35.4 Å². The van der Waals surface area contributed by atoms with Crippen molar-refractivity contribution in [1.82, 2.24) is 34.9 Å². The van der Waals surface area contributed by atoms with Crippen LogP contribution in [-0.4, -0.2) is 74.1 Å². The molecule has 0 atom stereocenters. The van der Waals surface area contributed by atoms with Gasteiger partial charge in [0, 0.05) is 31.7 Å². The third-order valence-electron chi connectivity index (χ3n) is 5.61. The summed E-state index contributed by atoms with van der Waals surface area (Å²) in [4.78, 5) is 21.3. The molecule has 32 heavy (non-hydrogen) atoms. The van der Waals surface area contributed by atoms with E-state index in [4.69, 9.17) is 9.26 Å². The zero-order chi connectivity index (χ0) is 21.9. The van der Waals surface area contributed by atoms with Crippen LogP contribution in [0.4, 0.5) is 0 Å². The SMILES string of the molecule is COc1ccc(-c2noc(CN3CCN(C(=O)Cn4nnc5ccccc54)CC3)n2)cc1. The van der Waals surface area contributed by atoms with Crippen LogP contribution in [0.1, 0.15) is 5.89 Å².